The molecule has 6 heterocycles. The van der Waals surface area contributed by atoms with Crippen LogP contribution in [0.5, 0.6) is 0 Å². The third-order valence-electron chi connectivity index (χ3n) is 5.41. The molecule has 0 aliphatic carbocycles. The van der Waals surface area contributed by atoms with Gasteiger partial charge in [-0.15, -0.1) is 5.10 Å². The highest BCUT2D eigenvalue weighted by molar-refractivity contribution is 5.99. The maximum absolute atomic E-state index is 4.71. The highest BCUT2D eigenvalue weighted by Gasteiger charge is 2.53. The van der Waals surface area contributed by atoms with Crippen LogP contribution in [0, 0.1) is 0 Å². The lowest BCUT2D eigenvalue weighted by Crippen LogP contribution is -2.52. The molecule has 1 aliphatic heterocycles. The van der Waals surface area contributed by atoms with E-state index in [2.05, 4.69) is 45.6 Å². The van der Waals surface area contributed by atoms with Crippen molar-refractivity contribution < 1.29 is 0 Å². The Labute approximate surface area is 193 Å². The number of nitrogens with one attached hydrogen (secondary N) is 2. The van der Waals surface area contributed by atoms with Crippen molar-refractivity contribution in [3.8, 4) is 0 Å². The van der Waals surface area contributed by atoms with Gasteiger partial charge >= 0.3 is 0 Å². The highest BCUT2D eigenvalue weighted by Crippen LogP contribution is 2.47. The van der Waals surface area contributed by atoms with Crippen LogP contribution < -0.4 is 10.2 Å². The minimum absolute atomic E-state index is 0.426. The first kappa shape index (κ1) is 19.6. The van der Waals surface area contributed by atoms with Crippen LogP contribution in [0.1, 0.15) is 22.8 Å². The van der Waals surface area contributed by atoms with Crippen LogP contribution in [-0.4, -0.2) is 45.3 Å². The maximum Gasteiger partial charge on any atom is 0.232 e. The van der Waals surface area contributed by atoms with Crippen LogP contribution in [0.25, 0.3) is 11.4 Å². The lowest BCUT2D eigenvalue weighted by atomic mass is 9.99. The predicted molar refractivity (Wildman–Crippen MR) is 122 cm³/mol. The van der Waals surface area contributed by atoms with Crippen molar-refractivity contribution in [3.05, 3.63) is 115 Å². The topological polar surface area (TPSA) is 134 Å². The van der Waals surface area contributed by atoms with Crippen molar-refractivity contribution in [2.45, 2.75) is 5.66 Å². The SMILES string of the molecule is c1ccc(C2(c3ccn[nH]3)NC(c3cccnn3)=C(c3cnccn3)N2c2ncccn2)nc1. The molecule has 0 bridgehead atoms. The average Bonchev–Trinajstić information content (AvgIpc) is 3.58. The fourth-order valence-electron chi connectivity index (χ4n) is 4.05. The minimum atomic E-state index is -1.10. The van der Waals surface area contributed by atoms with E-state index in [4.69, 9.17) is 4.98 Å². The quantitative estimate of drug-likeness (QED) is 0.412. The molecule has 1 aliphatic rings. The molecule has 1 atom stereocenters. The van der Waals surface area contributed by atoms with Crippen molar-refractivity contribution in [1.82, 2.24) is 50.6 Å². The van der Waals surface area contributed by atoms with E-state index in [1.54, 1.807) is 55.6 Å². The van der Waals surface area contributed by atoms with Gasteiger partial charge in [-0.1, -0.05) is 6.07 Å². The van der Waals surface area contributed by atoms with E-state index < -0.39 is 5.66 Å². The Morgan fingerprint density at radius 2 is 1.65 bits per heavy atom. The Balaban J connectivity index is 1.72. The lowest BCUT2D eigenvalue weighted by molar-refractivity contribution is 0.463. The highest BCUT2D eigenvalue weighted by atomic mass is 15.5. The molecule has 0 saturated heterocycles. The van der Waals surface area contributed by atoms with Crippen molar-refractivity contribution in [2.24, 2.45) is 0 Å². The zero-order valence-electron chi connectivity index (χ0n) is 17.7. The summed E-state index contributed by atoms with van der Waals surface area (Å²) in [6, 6.07) is 13.1. The Morgan fingerprint density at radius 3 is 2.35 bits per heavy atom. The van der Waals surface area contributed by atoms with E-state index in [-0.39, 0.29) is 0 Å². The van der Waals surface area contributed by atoms with Gasteiger partial charge in [-0.3, -0.25) is 25.0 Å². The fraction of sp³-hybridized carbons (Fsp3) is 0.0435. The largest absolute Gasteiger partial charge is 0.349 e. The van der Waals surface area contributed by atoms with Gasteiger partial charge in [0.2, 0.25) is 11.6 Å². The summed E-state index contributed by atoms with van der Waals surface area (Å²) in [6.45, 7) is 0. The molecule has 0 amide bonds. The average molecular weight is 447 g/mol. The molecule has 0 radical (unpaired) electrons. The second-order valence-corrected chi connectivity index (χ2v) is 7.33. The van der Waals surface area contributed by atoms with Gasteiger partial charge < -0.3 is 5.32 Å². The summed E-state index contributed by atoms with van der Waals surface area (Å²) < 4.78 is 0. The zero-order valence-corrected chi connectivity index (χ0v) is 17.7. The van der Waals surface area contributed by atoms with E-state index >= 15 is 0 Å². The van der Waals surface area contributed by atoms with Gasteiger partial charge in [-0.25, -0.2) is 9.97 Å². The van der Waals surface area contributed by atoms with Crippen LogP contribution in [0.2, 0.25) is 0 Å². The summed E-state index contributed by atoms with van der Waals surface area (Å²) in [5.41, 5.74) is 2.85. The summed E-state index contributed by atoms with van der Waals surface area (Å²) in [6.07, 6.45) is 13.4. The van der Waals surface area contributed by atoms with Gasteiger partial charge in [0.15, 0.2) is 0 Å². The number of rotatable bonds is 5. The van der Waals surface area contributed by atoms with Crippen molar-refractivity contribution in [3.63, 3.8) is 0 Å². The van der Waals surface area contributed by atoms with Crippen molar-refractivity contribution in [2.75, 3.05) is 4.90 Å². The number of hydrogen-bond donors (Lipinski definition) is 2. The van der Waals surface area contributed by atoms with E-state index in [0.717, 1.165) is 5.69 Å². The third kappa shape index (κ3) is 3.06. The Morgan fingerprint density at radius 1 is 0.735 bits per heavy atom. The third-order valence-corrected chi connectivity index (χ3v) is 5.41. The molecule has 11 nitrogen and oxygen atoms in total. The zero-order chi connectivity index (χ0) is 22.8. The fourth-order valence-corrected chi connectivity index (χ4v) is 4.05. The summed E-state index contributed by atoms with van der Waals surface area (Å²) in [4.78, 5) is 24.7. The number of hydrogen-bond acceptors (Lipinski definition) is 10. The normalized spacial score (nSPS) is 17.6. The molecule has 0 aromatic carbocycles. The molecular weight excluding hydrogens is 430 g/mol. The lowest BCUT2D eigenvalue weighted by Gasteiger charge is -2.38. The van der Waals surface area contributed by atoms with E-state index in [0.29, 0.717) is 34.4 Å². The first-order valence-corrected chi connectivity index (χ1v) is 10.4. The van der Waals surface area contributed by atoms with Gasteiger partial charge in [0.1, 0.15) is 11.4 Å². The standard InChI is InChI=1S/C23H17N11/c1-2-8-26-18(6-1)23(19-7-12-30-33-19)31-20(16-5-3-11-29-32-16)21(17-15-24-13-14-25-17)34(23)22-27-9-4-10-28-22/h1-15,31H,(H,30,33). The summed E-state index contributed by atoms with van der Waals surface area (Å²) in [5.74, 6) is 0.426. The molecule has 6 rings (SSSR count). The Hall–Kier alpha value is -5.06. The monoisotopic (exact) mass is 447 g/mol. The van der Waals surface area contributed by atoms with E-state index in [9.17, 15) is 0 Å². The molecule has 0 spiro atoms. The molecule has 0 saturated carbocycles. The smallest absolute Gasteiger partial charge is 0.232 e. The van der Waals surface area contributed by atoms with Crippen LogP contribution in [0.3, 0.4) is 0 Å². The maximum atomic E-state index is 4.71. The van der Waals surface area contributed by atoms with Crippen molar-refractivity contribution in [1.29, 1.82) is 0 Å². The predicted octanol–water partition coefficient (Wildman–Crippen LogP) is 2.01. The number of anilines is 1. The Kier molecular flexibility index (Phi) is 4.69. The second kappa shape index (κ2) is 8.13. The molecule has 0 fully saturated rings. The van der Waals surface area contributed by atoms with E-state index in [1.807, 2.05) is 41.3 Å². The summed E-state index contributed by atoms with van der Waals surface area (Å²) in [7, 11) is 0. The molecular formula is C23H17N11. The number of aromatic nitrogens is 9. The first-order chi connectivity index (χ1) is 16.9. The molecule has 1 unspecified atom stereocenters. The first-order valence-electron chi connectivity index (χ1n) is 10.4. The van der Waals surface area contributed by atoms with Gasteiger partial charge in [0, 0.05) is 43.4 Å². The number of nitrogens with zero attached hydrogens (tertiary/aromatic N) is 9. The van der Waals surface area contributed by atoms with Crippen LogP contribution in [0.4, 0.5) is 5.95 Å². The van der Waals surface area contributed by atoms with E-state index in [1.165, 1.54) is 0 Å². The molecule has 11 heteroatoms. The summed E-state index contributed by atoms with van der Waals surface area (Å²) in [5, 5.41) is 19.5. The molecule has 164 valence electrons. The Bertz CT molecular complexity index is 1410. The number of H-pyrrole nitrogens is 1. The van der Waals surface area contributed by atoms with Crippen LogP contribution in [-0.2, 0) is 5.66 Å². The van der Waals surface area contributed by atoms with Gasteiger partial charge in [-0.2, -0.15) is 10.2 Å². The second-order valence-electron chi connectivity index (χ2n) is 7.33. The molecule has 2 N–H and O–H groups in total. The van der Waals surface area contributed by atoms with Crippen LogP contribution in [0.15, 0.2) is 92.0 Å². The number of pyridine rings is 1. The van der Waals surface area contributed by atoms with Gasteiger partial charge in [0.25, 0.3) is 0 Å². The van der Waals surface area contributed by atoms with Crippen molar-refractivity contribution >= 4 is 17.3 Å². The minimum Gasteiger partial charge on any atom is -0.349 e. The molecule has 5 aromatic heterocycles. The van der Waals surface area contributed by atoms with Gasteiger partial charge in [0.05, 0.1) is 29.0 Å². The summed E-state index contributed by atoms with van der Waals surface area (Å²) >= 11 is 0. The molecule has 34 heavy (non-hydrogen) atoms. The molecule has 5 aromatic rings. The number of aromatic amines is 1. The van der Waals surface area contributed by atoms with Crippen LogP contribution >= 0.6 is 0 Å². The van der Waals surface area contributed by atoms with Gasteiger partial charge in [-0.05, 0) is 36.4 Å².